The Hall–Kier alpha value is -2.77. The predicted molar refractivity (Wildman–Crippen MR) is 116 cm³/mol. The van der Waals surface area contributed by atoms with Gasteiger partial charge in [-0.2, -0.15) is 13.2 Å². The first kappa shape index (κ1) is 23.9. The van der Waals surface area contributed by atoms with E-state index in [1.807, 2.05) is 13.8 Å². The number of rotatable bonds is 7. The first-order chi connectivity index (χ1) is 15.0. The van der Waals surface area contributed by atoms with Crippen LogP contribution < -0.4 is 5.32 Å². The molecule has 1 aromatic heterocycles. The number of carbonyl (C=O) groups is 1. The molecule has 0 spiro atoms. The van der Waals surface area contributed by atoms with Gasteiger partial charge in [0.05, 0.1) is 29.3 Å². The Balaban J connectivity index is 1.71. The maximum atomic E-state index is 12.8. The van der Waals surface area contributed by atoms with Crippen LogP contribution in [0.4, 0.5) is 13.2 Å². The largest absolute Gasteiger partial charge is 0.462 e. The molecule has 3 aromatic rings. The molecule has 0 aliphatic heterocycles. The fourth-order valence-corrected chi connectivity index (χ4v) is 3.35. The molecule has 0 aliphatic rings. The van der Waals surface area contributed by atoms with Gasteiger partial charge in [-0.3, -0.25) is 0 Å². The summed E-state index contributed by atoms with van der Waals surface area (Å²) in [5, 5.41) is 3.59. The van der Waals surface area contributed by atoms with Crippen LogP contribution in [0.15, 0.2) is 59.0 Å². The van der Waals surface area contributed by atoms with Crippen molar-refractivity contribution in [2.45, 2.75) is 39.0 Å². The van der Waals surface area contributed by atoms with Gasteiger partial charge in [-0.25, -0.2) is 4.79 Å². The number of benzene rings is 2. The quantitative estimate of drug-likeness (QED) is 0.389. The zero-order valence-electron chi connectivity index (χ0n) is 17.8. The van der Waals surface area contributed by atoms with Gasteiger partial charge in [0.25, 0.3) is 0 Å². The fraction of sp³-hybridized carbons (Fsp3) is 0.292. The first-order valence-corrected chi connectivity index (χ1v) is 10.4. The molecule has 0 saturated carbocycles. The van der Waals surface area contributed by atoms with E-state index in [-0.39, 0.29) is 12.2 Å². The van der Waals surface area contributed by atoms with Crippen LogP contribution in [0.25, 0.3) is 11.3 Å². The van der Waals surface area contributed by atoms with Gasteiger partial charge >= 0.3 is 12.1 Å². The van der Waals surface area contributed by atoms with Crippen molar-refractivity contribution in [1.29, 1.82) is 0 Å². The molecule has 8 heteroatoms. The Morgan fingerprint density at radius 1 is 1.03 bits per heavy atom. The Morgan fingerprint density at radius 2 is 1.69 bits per heavy atom. The second kappa shape index (κ2) is 9.38. The van der Waals surface area contributed by atoms with Crippen LogP contribution >= 0.6 is 11.6 Å². The normalized spacial score (nSPS) is 12.1. The number of furan rings is 1. The monoisotopic (exact) mass is 465 g/mol. The smallest absolute Gasteiger partial charge is 0.416 e. The van der Waals surface area contributed by atoms with Gasteiger partial charge in [-0.15, -0.1) is 0 Å². The molecule has 4 nitrogen and oxygen atoms in total. The van der Waals surface area contributed by atoms with Crippen molar-refractivity contribution in [1.82, 2.24) is 5.32 Å². The SMILES string of the molecule is CCOC(=O)c1cc(-c2ccc(CNC(C)(C)c3ccc(C(F)(F)F)cc3)o2)ccc1Cl. The lowest BCUT2D eigenvalue weighted by molar-refractivity contribution is -0.137. The van der Waals surface area contributed by atoms with E-state index < -0.39 is 23.2 Å². The lowest BCUT2D eigenvalue weighted by Crippen LogP contribution is -2.35. The third-order valence-corrected chi connectivity index (χ3v) is 5.38. The summed E-state index contributed by atoms with van der Waals surface area (Å²) >= 11 is 6.11. The minimum absolute atomic E-state index is 0.241. The summed E-state index contributed by atoms with van der Waals surface area (Å²) in [4.78, 5) is 12.1. The third kappa shape index (κ3) is 5.53. The van der Waals surface area contributed by atoms with Crippen LogP contribution in [0, 0.1) is 0 Å². The minimum Gasteiger partial charge on any atom is -0.462 e. The van der Waals surface area contributed by atoms with Gasteiger partial charge in [0.1, 0.15) is 11.5 Å². The molecule has 170 valence electrons. The molecule has 0 atom stereocenters. The molecule has 0 bridgehead atoms. The summed E-state index contributed by atoms with van der Waals surface area (Å²) < 4.78 is 49.3. The molecule has 2 aromatic carbocycles. The molecule has 3 rings (SSSR count). The molecular formula is C24H23ClF3NO3. The van der Waals surface area contributed by atoms with Crippen molar-refractivity contribution < 1.29 is 27.1 Å². The van der Waals surface area contributed by atoms with E-state index in [0.717, 1.165) is 12.1 Å². The molecule has 0 amide bonds. The Kier molecular flexibility index (Phi) is 7.00. The zero-order valence-corrected chi connectivity index (χ0v) is 18.6. The molecule has 1 N–H and O–H groups in total. The topological polar surface area (TPSA) is 51.5 Å². The van der Waals surface area contributed by atoms with Gasteiger partial charge in [0.15, 0.2) is 0 Å². The van der Waals surface area contributed by atoms with Crippen molar-refractivity contribution in [2.75, 3.05) is 6.61 Å². The zero-order chi connectivity index (χ0) is 23.5. The highest BCUT2D eigenvalue weighted by molar-refractivity contribution is 6.33. The highest BCUT2D eigenvalue weighted by Gasteiger charge is 2.31. The first-order valence-electron chi connectivity index (χ1n) is 10.00. The van der Waals surface area contributed by atoms with E-state index in [1.54, 1.807) is 37.3 Å². The van der Waals surface area contributed by atoms with E-state index in [2.05, 4.69) is 5.32 Å². The van der Waals surface area contributed by atoms with Crippen LogP contribution in [-0.4, -0.2) is 12.6 Å². The highest BCUT2D eigenvalue weighted by atomic mass is 35.5. The van der Waals surface area contributed by atoms with Crippen molar-refractivity contribution in [3.05, 3.63) is 82.1 Å². The second-order valence-electron chi connectivity index (χ2n) is 7.73. The number of esters is 1. The molecule has 32 heavy (non-hydrogen) atoms. The molecule has 1 heterocycles. The van der Waals surface area contributed by atoms with E-state index in [0.29, 0.717) is 34.2 Å². The van der Waals surface area contributed by atoms with Crippen molar-refractivity contribution in [3.8, 4) is 11.3 Å². The summed E-state index contributed by atoms with van der Waals surface area (Å²) in [6.45, 7) is 6.07. The second-order valence-corrected chi connectivity index (χ2v) is 8.14. The number of ether oxygens (including phenoxy) is 1. The summed E-state index contributed by atoms with van der Waals surface area (Å²) in [5.74, 6) is 0.676. The molecule has 0 aliphatic carbocycles. The van der Waals surface area contributed by atoms with Crippen LogP contribution in [-0.2, 0) is 23.0 Å². The maximum Gasteiger partial charge on any atom is 0.416 e. The highest BCUT2D eigenvalue weighted by Crippen LogP contribution is 2.31. The van der Waals surface area contributed by atoms with Gasteiger partial charge in [-0.1, -0.05) is 23.7 Å². The van der Waals surface area contributed by atoms with E-state index in [9.17, 15) is 18.0 Å². The maximum absolute atomic E-state index is 12.8. The van der Waals surface area contributed by atoms with Gasteiger partial charge in [0.2, 0.25) is 0 Å². The lowest BCUT2D eigenvalue weighted by atomic mass is 9.93. The van der Waals surface area contributed by atoms with E-state index in [1.165, 1.54) is 12.1 Å². The Morgan fingerprint density at radius 3 is 2.31 bits per heavy atom. The summed E-state index contributed by atoms with van der Waals surface area (Å²) in [5.41, 5.74) is 0.372. The van der Waals surface area contributed by atoms with Gasteiger partial charge < -0.3 is 14.5 Å². The fourth-order valence-electron chi connectivity index (χ4n) is 3.16. The predicted octanol–water partition coefficient (Wildman–Crippen LogP) is 6.82. The molecule has 0 saturated heterocycles. The van der Waals surface area contributed by atoms with Crippen LogP contribution in [0.5, 0.6) is 0 Å². The number of alkyl halides is 3. The average Bonchev–Trinajstić information content (AvgIpc) is 3.21. The number of carbonyl (C=O) groups excluding carboxylic acids is 1. The number of halogens is 4. The molecule has 0 unspecified atom stereocenters. The van der Waals surface area contributed by atoms with Crippen molar-refractivity contribution >= 4 is 17.6 Å². The third-order valence-electron chi connectivity index (χ3n) is 5.05. The number of nitrogens with one attached hydrogen (secondary N) is 1. The van der Waals surface area contributed by atoms with E-state index in [4.69, 9.17) is 20.8 Å². The number of hydrogen-bond donors (Lipinski definition) is 1. The van der Waals surface area contributed by atoms with E-state index >= 15 is 0 Å². The van der Waals surface area contributed by atoms with Crippen LogP contribution in [0.3, 0.4) is 0 Å². The summed E-state index contributed by atoms with van der Waals surface area (Å²) in [6.07, 6.45) is -4.37. The van der Waals surface area contributed by atoms with Gasteiger partial charge in [-0.05, 0) is 68.8 Å². The number of hydrogen-bond acceptors (Lipinski definition) is 4. The van der Waals surface area contributed by atoms with Crippen LogP contribution in [0.1, 0.15) is 48.0 Å². The molecule has 0 fully saturated rings. The minimum atomic E-state index is -4.37. The van der Waals surface area contributed by atoms with Gasteiger partial charge in [0, 0.05) is 11.1 Å². The standard InChI is InChI=1S/C24H23ClF3NO3/c1-4-31-22(30)19-13-15(5-11-20(19)25)21-12-10-18(32-21)14-29-23(2,3)16-6-8-17(9-7-16)24(26,27)28/h5-13,29H,4,14H2,1-3H3. The Labute approximate surface area is 189 Å². The molecular weight excluding hydrogens is 443 g/mol. The summed E-state index contributed by atoms with van der Waals surface area (Å²) in [7, 11) is 0. The lowest BCUT2D eigenvalue weighted by Gasteiger charge is -2.27. The Bertz CT molecular complexity index is 1090. The molecule has 0 radical (unpaired) electrons. The van der Waals surface area contributed by atoms with Crippen molar-refractivity contribution in [2.24, 2.45) is 0 Å². The van der Waals surface area contributed by atoms with Crippen LogP contribution in [0.2, 0.25) is 5.02 Å². The van der Waals surface area contributed by atoms with Crippen molar-refractivity contribution in [3.63, 3.8) is 0 Å². The summed E-state index contributed by atoms with van der Waals surface area (Å²) in [6, 6.07) is 13.6. The average molecular weight is 466 g/mol.